The predicted octanol–water partition coefficient (Wildman–Crippen LogP) is 1.37. The molecule has 4 nitrogen and oxygen atoms in total. The lowest BCUT2D eigenvalue weighted by molar-refractivity contribution is 0.474. The quantitative estimate of drug-likeness (QED) is 0.702. The lowest BCUT2D eigenvalue weighted by atomic mass is 10.2. The van der Waals surface area contributed by atoms with Gasteiger partial charge in [-0.05, 0) is 26.0 Å². The molecule has 82 valence electrons. The molecule has 0 bridgehead atoms. The van der Waals surface area contributed by atoms with Crippen molar-refractivity contribution in [3.8, 4) is 5.75 Å². The maximum Gasteiger partial charge on any atom is 0.187 e. The van der Waals surface area contributed by atoms with Gasteiger partial charge in [0, 0.05) is 12.6 Å². The van der Waals surface area contributed by atoms with Crippen molar-refractivity contribution in [2.45, 2.75) is 23.5 Å². The van der Waals surface area contributed by atoms with Crippen LogP contribution in [0.25, 0.3) is 0 Å². The van der Waals surface area contributed by atoms with Crippen LogP contribution in [-0.4, -0.2) is 24.8 Å². The Morgan fingerprint density at radius 3 is 2.73 bits per heavy atom. The highest BCUT2D eigenvalue weighted by atomic mass is 32.2. The van der Waals surface area contributed by atoms with Crippen molar-refractivity contribution in [3.63, 3.8) is 0 Å². The highest BCUT2D eigenvalue weighted by Crippen LogP contribution is 2.36. The van der Waals surface area contributed by atoms with Crippen molar-refractivity contribution in [2.24, 2.45) is 0 Å². The Kier molecular flexibility index (Phi) is 1.98. The third-order valence-electron chi connectivity index (χ3n) is 2.68. The topological polar surface area (TPSA) is 66.4 Å². The molecule has 0 amide bonds. The van der Waals surface area contributed by atoms with Crippen LogP contribution in [0.3, 0.4) is 0 Å². The minimum Gasteiger partial charge on any atom is -0.508 e. The molecular formula is C10H13NO3S. The summed E-state index contributed by atoms with van der Waals surface area (Å²) in [6.45, 7) is 3.72. The van der Waals surface area contributed by atoms with Gasteiger partial charge in [0.2, 0.25) is 0 Å². The van der Waals surface area contributed by atoms with Gasteiger partial charge in [0.15, 0.2) is 9.84 Å². The Balaban J connectivity index is 2.69. The Bertz CT molecular complexity index is 505. The average molecular weight is 227 g/mol. The standard InChI is InChI=1S/C10H13NO3S/c1-10(2)6-11-8-5-7(12)3-4-9(8)15(10,13)14/h3-5,11-12H,6H2,1-2H3. The first kappa shape index (κ1) is 10.3. The fraction of sp³-hybridized carbons (Fsp3) is 0.400. The number of fused-ring (bicyclic) bond motifs is 1. The van der Waals surface area contributed by atoms with Crippen LogP contribution in [0.15, 0.2) is 23.1 Å². The van der Waals surface area contributed by atoms with E-state index in [9.17, 15) is 13.5 Å². The van der Waals surface area contributed by atoms with Gasteiger partial charge in [0.1, 0.15) is 5.75 Å². The average Bonchev–Trinajstić information content (AvgIpc) is 2.12. The summed E-state index contributed by atoms with van der Waals surface area (Å²) in [5.74, 6) is 0.0659. The molecule has 5 heteroatoms. The molecule has 1 heterocycles. The van der Waals surface area contributed by atoms with Crippen LogP contribution in [0, 0.1) is 0 Å². The smallest absolute Gasteiger partial charge is 0.187 e. The first-order valence-corrected chi connectivity index (χ1v) is 6.14. The second kappa shape index (κ2) is 2.88. The molecule has 1 aliphatic heterocycles. The first-order chi connectivity index (χ1) is 6.84. The second-order valence-corrected chi connectivity index (χ2v) is 6.85. The molecule has 1 aromatic carbocycles. The molecule has 0 aromatic heterocycles. The lowest BCUT2D eigenvalue weighted by Crippen LogP contribution is -2.42. The van der Waals surface area contributed by atoms with Gasteiger partial charge in [-0.3, -0.25) is 0 Å². The lowest BCUT2D eigenvalue weighted by Gasteiger charge is -2.32. The van der Waals surface area contributed by atoms with Crippen molar-refractivity contribution >= 4 is 15.5 Å². The molecule has 15 heavy (non-hydrogen) atoms. The van der Waals surface area contributed by atoms with Crippen LogP contribution < -0.4 is 5.32 Å². The summed E-state index contributed by atoms with van der Waals surface area (Å²) in [7, 11) is -3.31. The van der Waals surface area contributed by atoms with Gasteiger partial charge in [-0.1, -0.05) is 0 Å². The number of phenols is 1. The third kappa shape index (κ3) is 1.38. The zero-order valence-electron chi connectivity index (χ0n) is 8.61. The first-order valence-electron chi connectivity index (χ1n) is 4.66. The molecule has 0 fully saturated rings. The van der Waals surface area contributed by atoms with Crippen LogP contribution in [0.2, 0.25) is 0 Å². The van der Waals surface area contributed by atoms with Gasteiger partial charge in [0.05, 0.1) is 15.3 Å². The summed E-state index contributed by atoms with van der Waals surface area (Å²) in [6.07, 6.45) is 0. The van der Waals surface area contributed by atoms with Crippen molar-refractivity contribution in [1.29, 1.82) is 0 Å². The van der Waals surface area contributed by atoms with Crippen LogP contribution in [0.5, 0.6) is 5.75 Å². The molecule has 0 atom stereocenters. The Morgan fingerprint density at radius 2 is 2.07 bits per heavy atom. The zero-order valence-corrected chi connectivity index (χ0v) is 9.43. The molecule has 0 radical (unpaired) electrons. The summed E-state index contributed by atoms with van der Waals surface area (Å²) < 4.78 is 23.4. The number of rotatable bonds is 0. The zero-order chi connectivity index (χ0) is 11.3. The molecular weight excluding hydrogens is 214 g/mol. The highest BCUT2D eigenvalue weighted by molar-refractivity contribution is 7.93. The van der Waals surface area contributed by atoms with E-state index in [4.69, 9.17) is 0 Å². The summed E-state index contributed by atoms with van der Waals surface area (Å²) in [6, 6.07) is 4.26. The van der Waals surface area contributed by atoms with Crippen LogP contribution in [0.4, 0.5) is 5.69 Å². The highest BCUT2D eigenvalue weighted by Gasteiger charge is 2.40. The van der Waals surface area contributed by atoms with Crippen molar-refractivity contribution in [3.05, 3.63) is 18.2 Å². The van der Waals surface area contributed by atoms with Crippen molar-refractivity contribution < 1.29 is 13.5 Å². The normalized spacial score (nSPS) is 21.5. The molecule has 1 aliphatic rings. The van der Waals surface area contributed by atoms with Crippen molar-refractivity contribution in [1.82, 2.24) is 0 Å². The van der Waals surface area contributed by atoms with Gasteiger partial charge in [0.25, 0.3) is 0 Å². The Labute approximate surface area is 88.9 Å². The van der Waals surface area contributed by atoms with E-state index in [-0.39, 0.29) is 10.6 Å². The van der Waals surface area contributed by atoms with Gasteiger partial charge in [-0.2, -0.15) is 0 Å². The maximum atomic E-state index is 12.1. The van der Waals surface area contributed by atoms with Gasteiger partial charge < -0.3 is 10.4 Å². The van der Waals surface area contributed by atoms with Crippen LogP contribution in [0.1, 0.15) is 13.8 Å². The van der Waals surface area contributed by atoms with Crippen LogP contribution in [-0.2, 0) is 9.84 Å². The van der Waals surface area contributed by atoms with E-state index < -0.39 is 14.6 Å². The maximum absolute atomic E-state index is 12.1. The summed E-state index contributed by atoms with van der Waals surface area (Å²) in [5, 5.41) is 12.3. The number of sulfone groups is 1. The third-order valence-corrected chi connectivity index (χ3v) is 5.22. The fourth-order valence-electron chi connectivity index (χ4n) is 1.59. The molecule has 0 spiro atoms. The molecule has 0 unspecified atom stereocenters. The van der Waals surface area contributed by atoms with E-state index in [1.807, 2.05) is 0 Å². The van der Waals surface area contributed by atoms with E-state index in [1.165, 1.54) is 18.2 Å². The number of phenolic OH excluding ortho intramolecular Hbond substituents is 1. The Hall–Kier alpha value is -1.23. The Morgan fingerprint density at radius 1 is 1.40 bits per heavy atom. The fourth-order valence-corrected chi connectivity index (χ4v) is 3.12. The number of hydrogen-bond donors (Lipinski definition) is 2. The minimum atomic E-state index is -3.31. The van der Waals surface area contributed by atoms with Crippen molar-refractivity contribution in [2.75, 3.05) is 11.9 Å². The number of anilines is 1. The molecule has 1 aromatic rings. The molecule has 0 saturated carbocycles. The molecule has 0 saturated heterocycles. The van der Waals surface area contributed by atoms with E-state index in [0.29, 0.717) is 12.2 Å². The predicted molar refractivity (Wildman–Crippen MR) is 57.9 cm³/mol. The monoisotopic (exact) mass is 227 g/mol. The SMILES string of the molecule is CC1(C)CNc2cc(O)ccc2S1(=O)=O. The van der Waals surface area contributed by atoms with E-state index >= 15 is 0 Å². The molecule has 0 aliphatic carbocycles. The second-order valence-electron chi connectivity index (χ2n) is 4.30. The largest absolute Gasteiger partial charge is 0.508 e. The summed E-state index contributed by atoms with van der Waals surface area (Å²) in [5.41, 5.74) is 0.481. The summed E-state index contributed by atoms with van der Waals surface area (Å²) >= 11 is 0. The van der Waals surface area contributed by atoms with E-state index in [2.05, 4.69) is 5.32 Å². The molecule has 2 N–H and O–H groups in total. The van der Waals surface area contributed by atoms with E-state index in [1.54, 1.807) is 13.8 Å². The van der Waals surface area contributed by atoms with Gasteiger partial charge in [-0.25, -0.2) is 8.42 Å². The summed E-state index contributed by atoms with van der Waals surface area (Å²) in [4.78, 5) is 0.261. The number of hydrogen-bond acceptors (Lipinski definition) is 4. The van der Waals surface area contributed by atoms with Gasteiger partial charge in [-0.15, -0.1) is 0 Å². The number of aromatic hydroxyl groups is 1. The van der Waals surface area contributed by atoms with Crippen LogP contribution >= 0.6 is 0 Å². The number of nitrogens with one attached hydrogen (secondary N) is 1. The molecule has 2 rings (SSSR count). The van der Waals surface area contributed by atoms with Gasteiger partial charge >= 0.3 is 0 Å². The van der Waals surface area contributed by atoms with E-state index in [0.717, 1.165) is 0 Å². The number of benzene rings is 1. The minimum absolute atomic E-state index is 0.0659.